The zero-order valence-corrected chi connectivity index (χ0v) is 21.3. The molecule has 0 bridgehead atoms. The SMILES string of the molecule is O=C(CC1C(=O)N(c2ccc(F)cc2)C(=S)N1CCc1ccc(Cl)cc1Cl)Nc1ccc(Cl)cc1. The Bertz CT molecular complexity index is 1270. The second-order valence-corrected chi connectivity index (χ2v) is 9.53. The molecule has 1 atom stereocenters. The standard InChI is InChI=1S/C25H19Cl3FN3O2S/c26-16-3-7-19(8-4-16)30-23(33)14-22-24(34)32(20-9-5-18(29)6-10-20)25(35)31(22)12-11-15-1-2-17(27)13-21(15)28/h1-10,13,22H,11-12,14H2,(H,30,33). The van der Waals surface area contributed by atoms with Gasteiger partial charge in [-0.15, -0.1) is 0 Å². The second kappa shape index (κ2) is 10.9. The normalized spacial score (nSPS) is 15.6. The van der Waals surface area contributed by atoms with E-state index in [0.717, 1.165) is 5.56 Å². The van der Waals surface area contributed by atoms with Crippen LogP contribution in [-0.2, 0) is 16.0 Å². The summed E-state index contributed by atoms with van der Waals surface area (Å²) in [6, 6.07) is 16.5. The smallest absolute Gasteiger partial charge is 0.256 e. The van der Waals surface area contributed by atoms with Gasteiger partial charge in [-0.2, -0.15) is 0 Å². The van der Waals surface area contributed by atoms with Crippen molar-refractivity contribution in [3.63, 3.8) is 0 Å². The molecular weight excluding hydrogens is 532 g/mol. The molecule has 1 heterocycles. The van der Waals surface area contributed by atoms with E-state index < -0.39 is 11.9 Å². The number of amides is 2. The minimum absolute atomic E-state index is 0.131. The number of benzene rings is 3. The first-order chi connectivity index (χ1) is 16.7. The number of rotatable bonds is 7. The molecular formula is C25H19Cl3FN3O2S. The number of nitrogens with zero attached hydrogens (tertiary/aromatic N) is 2. The minimum Gasteiger partial charge on any atom is -0.336 e. The van der Waals surface area contributed by atoms with Gasteiger partial charge in [0.1, 0.15) is 11.9 Å². The molecule has 35 heavy (non-hydrogen) atoms. The van der Waals surface area contributed by atoms with Crippen LogP contribution in [0.5, 0.6) is 0 Å². The highest BCUT2D eigenvalue weighted by Crippen LogP contribution is 2.29. The molecule has 3 aromatic rings. The summed E-state index contributed by atoms with van der Waals surface area (Å²) >= 11 is 23.9. The fourth-order valence-corrected chi connectivity index (χ4v) is 4.84. The highest BCUT2D eigenvalue weighted by Gasteiger charge is 2.44. The Morgan fingerprint density at radius 1 is 0.971 bits per heavy atom. The molecule has 0 aromatic heterocycles. The number of anilines is 2. The molecule has 1 aliphatic rings. The van der Waals surface area contributed by atoms with Crippen LogP contribution in [0.15, 0.2) is 66.7 Å². The molecule has 3 aromatic carbocycles. The molecule has 1 unspecified atom stereocenters. The van der Waals surface area contributed by atoms with Crippen LogP contribution in [0.3, 0.4) is 0 Å². The number of carbonyl (C=O) groups is 2. The van der Waals surface area contributed by atoms with E-state index in [9.17, 15) is 14.0 Å². The fourth-order valence-electron chi connectivity index (χ4n) is 3.80. The Kier molecular flexibility index (Phi) is 7.91. The Morgan fingerprint density at radius 2 is 1.63 bits per heavy atom. The monoisotopic (exact) mass is 549 g/mol. The number of carbonyl (C=O) groups excluding carboxylic acids is 2. The van der Waals surface area contributed by atoms with E-state index in [1.54, 1.807) is 41.3 Å². The minimum atomic E-state index is -0.842. The zero-order chi connectivity index (χ0) is 25.1. The van der Waals surface area contributed by atoms with Crippen molar-refractivity contribution in [1.82, 2.24) is 4.90 Å². The summed E-state index contributed by atoms with van der Waals surface area (Å²) in [5.41, 5.74) is 1.81. The Hall–Kier alpha value is -2.71. The Balaban J connectivity index is 1.57. The largest absolute Gasteiger partial charge is 0.336 e. The van der Waals surface area contributed by atoms with Gasteiger partial charge in [0.05, 0.1) is 12.1 Å². The lowest BCUT2D eigenvalue weighted by Gasteiger charge is -2.24. The molecule has 1 fully saturated rings. The van der Waals surface area contributed by atoms with Gasteiger partial charge in [-0.05, 0) is 84.9 Å². The summed E-state index contributed by atoms with van der Waals surface area (Å²) in [6.45, 7) is 0.336. The number of hydrogen-bond donors (Lipinski definition) is 1. The first-order valence-electron chi connectivity index (χ1n) is 10.6. The van der Waals surface area contributed by atoms with Gasteiger partial charge < -0.3 is 10.2 Å². The molecule has 1 aliphatic heterocycles. The van der Waals surface area contributed by atoms with Crippen LogP contribution in [0, 0.1) is 5.82 Å². The van der Waals surface area contributed by atoms with E-state index in [1.807, 2.05) is 6.07 Å². The maximum atomic E-state index is 13.5. The van der Waals surface area contributed by atoms with E-state index in [1.165, 1.54) is 29.2 Å². The van der Waals surface area contributed by atoms with Gasteiger partial charge in [0.15, 0.2) is 5.11 Å². The third kappa shape index (κ3) is 5.93. The van der Waals surface area contributed by atoms with Crippen molar-refractivity contribution in [1.29, 1.82) is 0 Å². The van der Waals surface area contributed by atoms with E-state index in [-0.39, 0.29) is 23.3 Å². The molecule has 1 N–H and O–H groups in total. The number of thiocarbonyl (C=S) groups is 1. The van der Waals surface area contributed by atoms with Gasteiger partial charge in [0, 0.05) is 27.3 Å². The van der Waals surface area contributed by atoms with E-state index in [4.69, 9.17) is 47.0 Å². The van der Waals surface area contributed by atoms with Crippen molar-refractivity contribution in [3.8, 4) is 0 Å². The summed E-state index contributed by atoms with van der Waals surface area (Å²) in [5.74, 6) is -1.15. The first kappa shape index (κ1) is 25.4. The van der Waals surface area contributed by atoms with Crippen LogP contribution < -0.4 is 10.2 Å². The zero-order valence-electron chi connectivity index (χ0n) is 18.2. The lowest BCUT2D eigenvalue weighted by atomic mass is 10.1. The molecule has 0 saturated carbocycles. The third-order valence-corrected chi connectivity index (χ3v) is 6.80. The Morgan fingerprint density at radius 3 is 2.29 bits per heavy atom. The number of halogens is 4. The van der Waals surface area contributed by atoms with Gasteiger partial charge >= 0.3 is 0 Å². The van der Waals surface area contributed by atoms with E-state index in [0.29, 0.717) is 39.4 Å². The number of hydrogen-bond acceptors (Lipinski definition) is 3. The fraction of sp³-hybridized carbons (Fsp3) is 0.160. The van der Waals surface area contributed by atoms with Crippen molar-refractivity contribution in [3.05, 3.63) is 93.2 Å². The van der Waals surface area contributed by atoms with Gasteiger partial charge in [-0.1, -0.05) is 40.9 Å². The predicted octanol–water partition coefficient (Wildman–Crippen LogP) is 6.36. The number of nitrogens with one attached hydrogen (secondary N) is 1. The van der Waals surface area contributed by atoms with Crippen LogP contribution in [0.25, 0.3) is 0 Å². The molecule has 1 saturated heterocycles. The van der Waals surface area contributed by atoms with Crippen molar-refractivity contribution in [2.24, 2.45) is 0 Å². The van der Waals surface area contributed by atoms with Gasteiger partial charge in [-0.25, -0.2) is 4.39 Å². The lowest BCUT2D eigenvalue weighted by Crippen LogP contribution is -2.39. The van der Waals surface area contributed by atoms with Crippen LogP contribution in [0.4, 0.5) is 15.8 Å². The third-order valence-electron chi connectivity index (χ3n) is 5.55. The summed E-state index contributed by atoms with van der Waals surface area (Å²) < 4.78 is 13.5. The molecule has 10 heteroatoms. The molecule has 180 valence electrons. The van der Waals surface area contributed by atoms with Crippen LogP contribution in [-0.4, -0.2) is 34.4 Å². The van der Waals surface area contributed by atoms with Crippen molar-refractivity contribution < 1.29 is 14.0 Å². The van der Waals surface area contributed by atoms with Crippen molar-refractivity contribution in [2.75, 3.05) is 16.8 Å². The highest BCUT2D eigenvalue weighted by atomic mass is 35.5. The molecule has 4 rings (SSSR count). The maximum absolute atomic E-state index is 13.5. The molecule has 0 radical (unpaired) electrons. The second-order valence-electron chi connectivity index (χ2n) is 7.89. The summed E-state index contributed by atoms with van der Waals surface area (Å²) in [7, 11) is 0. The van der Waals surface area contributed by atoms with Gasteiger partial charge in [-0.3, -0.25) is 14.5 Å². The highest BCUT2D eigenvalue weighted by molar-refractivity contribution is 7.80. The predicted molar refractivity (Wildman–Crippen MR) is 142 cm³/mol. The average molecular weight is 551 g/mol. The quantitative estimate of drug-likeness (QED) is 0.348. The van der Waals surface area contributed by atoms with Crippen LogP contribution >= 0.6 is 47.0 Å². The molecule has 0 aliphatic carbocycles. The van der Waals surface area contributed by atoms with Crippen LogP contribution in [0.2, 0.25) is 15.1 Å². The summed E-state index contributed by atoms with van der Waals surface area (Å²) in [5, 5.41) is 4.57. The topological polar surface area (TPSA) is 52.7 Å². The summed E-state index contributed by atoms with van der Waals surface area (Å²) in [4.78, 5) is 29.3. The molecule has 2 amide bonds. The maximum Gasteiger partial charge on any atom is 0.256 e. The van der Waals surface area contributed by atoms with Crippen molar-refractivity contribution >= 4 is 75.3 Å². The van der Waals surface area contributed by atoms with Gasteiger partial charge in [0.2, 0.25) is 5.91 Å². The molecule has 5 nitrogen and oxygen atoms in total. The first-order valence-corrected chi connectivity index (χ1v) is 12.2. The summed E-state index contributed by atoms with van der Waals surface area (Å²) in [6.07, 6.45) is 0.337. The van der Waals surface area contributed by atoms with Gasteiger partial charge in [0.25, 0.3) is 5.91 Å². The average Bonchev–Trinajstić information content (AvgIpc) is 3.04. The van der Waals surface area contributed by atoms with Crippen LogP contribution in [0.1, 0.15) is 12.0 Å². The van der Waals surface area contributed by atoms with E-state index >= 15 is 0 Å². The van der Waals surface area contributed by atoms with E-state index in [2.05, 4.69) is 5.32 Å². The lowest BCUT2D eigenvalue weighted by molar-refractivity contribution is -0.124. The Labute approximate surface area is 222 Å². The van der Waals surface area contributed by atoms with Crippen molar-refractivity contribution in [2.45, 2.75) is 18.9 Å². The molecule has 0 spiro atoms.